The average molecular weight is 581 g/mol. The monoisotopic (exact) mass is 579 g/mol. The van der Waals surface area contributed by atoms with Crippen LogP contribution in [0.4, 0.5) is 5.95 Å². The maximum absolute atomic E-state index is 12.8. The topological polar surface area (TPSA) is 87.2 Å². The van der Waals surface area contributed by atoms with Crippen molar-refractivity contribution in [3.05, 3.63) is 49.4 Å². The van der Waals surface area contributed by atoms with E-state index in [1.807, 2.05) is 0 Å². The fourth-order valence-electron chi connectivity index (χ4n) is 6.57. The number of methoxy groups -OCH3 is 1. The minimum Gasteiger partial charge on any atom is -0.506 e. The third kappa shape index (κ3) is 3.91. The van der Waals surface area contributed by atoms with Crippen molar-refractivity contribution in [1.82, 2.24) is 9.97 Å². The number of aryl methyl sites for hydroxylation is 1. The number of benzene rings is 2. The molecule has 0 aliphatic heterocycles. The number of esters is 1. The Morgan fingerprint density at radius 1 is 1.31 bits per heavy atom. The molecule has 1 saturated carbocycles. The van der Waals surface area contributed by atoms with Gasteiger partial charge in [0.05, 0.1) is 23.1 Å². The van der Waals surface area contributed by atoms with Gasteiger partial charge in [-0.2, -0.15) is 0 Å². The van der Waals surface area contributed by atoms with Gasteiger partial charge in [0.25, 0.3) is 0 Å². The fourth-order valence-corrected chi connectivity index (χ4v) is 7.62. The van der Waals surface area contributed by atoms with Gasteiger partial charge in [-0.25, -0.2) is 4.98 Å². The Bertz CT molecular complexity index is 1340. The first-order chi connectivity index (χ1) is 16.6. The van der Waals surface area contributed by atoms with Crippen molar-refractivity contribution in [3.63, 3.8) is 0 Å². The zero-order valence-corrected chi connectivity index (χ0v) is 23.0. The highest BCUT2D eigenvalue weighted by Gasteiger charge is 2.56. The van der Waals surface area contributed by atoms with Crippen molar-refractivity contribution in [3.8, 4) is 5.75 Å². The fraction of sp³-hybridized carbons (Fsp3) is 0.462. The summed E-state index contributed by atoms with van der Waals surface area (Å²) in [4.78, 5) is 21.1. The van der Waals surface area contributed by atoms with Gasteiger partial charge >= 0.3 is 5.97 Å². The number of hydrogen-bond donors (Lipinski definition) is 3. The number of anilines is 1. The Morgan fingerprint density at radius 3 is 2.83 bits per heavy atom. The normalized spacial score (nSPS) is 25.7. The number of aromatic hydroxyl groups is 1. The van der Waals surface area contributed by atoms with Crippen molar-refractivity contribution in [2.24, 2.45) is 11.3 Å². The Hall–Kier alpha value is -1.96. The number of aromatic amines is 1. The number of rotatable bonds is 4. The zero-order chi connectivity index (χ0) is 25.1. The molecule has 9 heteroatoms. The van der Waals surface area contributed by atoms with E-state index in [1.165, 1.54) is 24.3 Å². The Labute approximate surface area is 222 Å². The molecule has 1 aromatic heterocycles. The van der Waals surface area contributed by atoms with Crippen LogP contribution in [0.1, 0.15) is 56.2 Å². The number of carbonyl (C=O) groups is 1. The molecule has 0 unspecified atom stereocenters. The minimum absolute atomic E-state index is 0.00292. The van der Waals surface area contributed by atoms with Gasteiger partial charge in [-0.15, -0.1) is 0 Å². The van der Waals surface area contributed by atoms with Gasteiger partial charge in [-0.05, 0) is 89.2 Å². The maximum atomic E-state index is 12.8. The number of carbonyl (C=O) groups excluding carboxylic acids is 1. The average Bonchev–Trinajstić information content (AvgIpc) is 3.25. The van der Waals surface area contributed by atoms with E-state index in [4.69, 9.17) is 32.9 Å². The van der Waals surface area contributed by atoms with Crippen molar-refractivity contribution in [1.29, 1.82) is 0 Å². The van der Waals surface area contributed by atoms with E-state index in [1.54, 1.807) is 6.07 Å². The van der Waals surface area contributed by atoms with Crippen LogP contribution >= 0.6 is 39.1 Å². The molecule has 0 radical (unpaired) electrons. The molecule has 186 valence electrons. The van der Waals surface area contributed by atoms with Crippen molar-refractivity contribution >= 4 is 62.1 Å². The lowest BCUT2D eigenvalue weighted by Crippen LogP contribution is -2.52. The number of fused-ring (bicyclic) bond motifs is 5. The quantitative estimate of drug-likeness (QED) is 0.286. The molecule has 6 nitrogen and oxygen atoms in total. The summed E-state index contributed by atoms with van der Waals surface area (Å²) >= 11 is 15.9. The Morgan fingerprint density at radius 2 is 2.09 bits per heavy atom. The summed E-state index contributed by atoms with van der Waals surface area (Å²) in [5, 5.41) is 14.2. The molecule has 5 rings (SSSR count). The first-order valence-electron chi connectivity index (χ1n) is 11.8. The number of halogens is 3. The number of nitrogens with zero attached hydrogens (tertiary/aromatic N) is 1. The molecule has 0 amide bonds. The highest BCUT2D eigenvalue weighted by Crippen LogP contribution is 2.58. The van der Waals surface area contributed by atoms with Crippen LogP contribution in [0.5, 0.6) is 5.75 Å². The zero-order valence-electron chi connectivity index (χ0n) is 19.9. The van der Waals surface area contributed by atoms with Crippen LogP contribution in [0.2, 0.25) is 10.0 Å². The van der Waals surface area contributed by atoms with E-state index >= 15 is 0 Å². The second-order valence-electron chi connectivity index (χ2n) is 10.2. The second-order valence-corrected chi connectivity index (χ2v) is 11.9. The molecule has 1 fully saturated rings. The molecule has 2 aromatic carbocycles. The van der Waals surface area contributed by atoms with E-state index in [0.717, 1.165) is 47.6 Å². The smallest absolute Gasteiger partial charge is 0.311 e. The summed E-state index contributed by atoms with van der Waals surface area (Å²) in [6.07, 6.45) is 4.65. The molecular weight excluding hydrogens is 553 g/mol. The third-order valence-corrected chi connectivity index (χ3v) is 9.37. The van der Waals surface area contributed by atoms with Crippen molar-refractivity contribution in [2.75, 3.05) is 12.4 Å². The molecule has 0 bridgehead atoms. The van der Waals surface area contributed by atoms with Gasteiger partial charge in [0.1, 0.15) is 11.3 Å². The summed E-state index contributed by atoms with van der Waals surface area (Å²) in [5.74, 6) is 0.710. The Kier molecular flexibility index (Phi) is 6.26. The van der Waals surface area contributed by atoms with Crippen LogP contribution in [-0.2, 0) is 27.9 Å². The lowest BCUT2D eigenvalue weighted by Gasteiger charge is -2.54. The Balaban J connectivity index is 1.52. The van der Waals surface area contributed by atoms with Crippen LogP contribution < -0.4 is 5.32 Å². The third-order valence-electron chi connectivity index (χ3n) is 8.26. The van der Waals surface area contributed by atoms with Crippen LogP contribution in [0, 0.1) is 11.3 Å². The van der Waals surface area contributed by atoms with Crippen molar-refractivity contribution in [2.45, 2.75) is 57.9 Å². The molecule has 3 atom stereocenters. The molecule has 2 aliphatic rings. The largest absolute Gasteiger partial charge is 0.506 e. The van der Waals surface area contributed by atoms with Gasteiger partial charge in [-0.3, -0.25) is 4.79 Å². The number of phenols is 1. The molecule has 3 aromatic rings. The van der Waals surface area contributed by atoms with Gasteiger partial charge in [0.2, 0.25) is 5.95 Å². The number of ether oxygens (including phenoxy) is 1. The number of phenolic OH excluding ortho intramolecular Hbond substituents is 1. The lowest BCUT2D eigenvalue weighted by atomic mass is 9.50. The summed E-state index contributed by atoms with van der Waals surface area (Å²) in [6, 6.07) is 5.38. The van der Waals surface area contributed by atoms with E-state index < -0.39 is 5.41 Å². The van der Waals surface area contributed by atoms with Gasteiger partial charge in [0, 0.05) is 21.6 Å². The maximum Gasteiger partial charge on any atom is 0.311 e. The second kappa shape index (κ2) is 8.86. The number of aromatic nitrogens is 2. The number of H-pyrrole nitrogens is 1. The summed E-state index contributed by atoms with van der Waals surface area (Å²) in [7, 11) is 1.49. The van der Waals surface area contributed by atoms with Gasteiger partial charge in [-0.1, -0.05) is 36.5 Å². The molecule has 0 saturated heterocycles. The summed E-state index contributed by atoms with van der Waals surface area (Å²) in [6.45, 7) is 4.69. The van der Waals surface area contributed by atoms with Gasteiger partial charge in [0.15, 0.2) is 0 Å². The minimum atomic E-state index is -0.484. The lowest BCUT2D eigenvalue weighted by molar-refractivity contribution is -0.161. The summed E-state index contributed by atoms with van der Waals surface area (Å²) in [5.41, 5.74) is 4.35. The van der Waals surface area contributed by atoms with Crippen LogP contribution in [-0.4, -0.2) is 28.2 Å². The highest BCUT2D eigenvalue weighted by atomic mass is 79.9. The molecule has 1 heterocycles. The SMILES string of the molecule is COC(=O)[C@]1(C)CCC[C@]2(C)c3cc(Br)c4nc(NCc5cc(Cl)cc(Cl)c5O)[nH]c4c3CC[C@@H]12. The molecule has 3 N–H and O–H groups in total. The van der Waals surface area contributed by atoms with Gasteiger partial charge < -0.3 is 20.1 Å². The van der Waals surface area contributed by atoms with Crippen LogP contribution in [0.15, 0.2) is 22.7 Å². The molecule has 2 aliphatic carbocycles. The first kappa shape index (κ1) is 24.7. The van der Waals surface area contributed by atoms with E-state index in [-0.39, 0.29) is 28.1 Å². The van der Waals surface area contributed by atoms with E-state index in [9.17, 15) is 9.90 Å². The highest BCUT2D eigenvalue weighted by molar-refractivity contribution is 9.10. The predicted octanol–water partition coefficient (Wildman–Crippen LogP) is 7.13. The van der Waals surface area contributed by atoms with Crippen molar-refractivity contribution < 1.29 is 14.6 Å². The standard InChI is InChI=1S/C26H28BrCl2N3O3/c1-25-7-4-8-26(2,23(34)35-3)19(25)6-5-15-16(25)11-17(27)21-20(15)31-24(32-21)30-12-13-9-14(28)10-18(29)22(13)33/h9-11,19,33H,4-8,12H2,1-3H3,(H2,30,31,32)/t19-,25-,26-/m1/s1. The molecule has 35 heavy (non-hydrogen) atoms. The number of hydrogen-bond acceptors (Lipinski definition) is 5. The van der Waals surface area contributed by atoms with E-state index in [2.05, 4.69) is 46.1 Å². The number of imidazole rings is 1. The first-order valence-corrected chi connectivity index (χ1v) is 13.3. The van der Waals surface area contributed by atoms with E-state index in [0.29, 0.717) is 23.1 Å². The van der Waals surface area contributed by atoms with Crippen LogP contribution in [0.25, 0.3) is 11.0 Å². The summed E-state index contributed by atoms with van der Waals surface area (Å²) < 4.78 is 6.16. The molecule has 0 spiro atoms. The molecular formula is C26H28BrCl2N3O3. The number of nitrogens with one attached hydrogen (secondary N) is 2. The van der Waals surface area contributed by atoms with Crippen LogP contribution in [0.3, 0.4) is 0 Å². The predicted molar refractivity (Wildman–Crippen MR) is 142 cm³/mol.